The van der Waals surface area contributed by atoms with Crippen LogP contribution in [0.25, 0.3) is 11.1 Å². The predicted molar refractivity (Wildman–Crippen MR) is 115 cm³/mol. The van der Waals surface area contributed by atoms with Gasteiger partial charge in [0.15, 0.2) is 0 Å². The first-order valence-corrected chi connectivity index (χ1v) is 9.44. The summed E-state index contributed by atoms with van der Waals surface area (Å²) in [5, 5.41) is 0. The SMILES string of the molecule is COc1ccc(N(CCC(N)=O)C(=O)Cc2ccc(-c3ccccc3)cc2)cc1. The smallest absolute Gasteiger partial charge is 0.231 e. The predicted octanol–water partition coefficient (Wildman–Crippen LogP) is 3.81. The van der Waals surface area contributed by atoms with Crippen molar-refractivity contribution in [2.45, 2.75) is 12.8 Å². The summed E-state index contributed by atoms with van der Waals surface area (Å²) < 4.78 is 5.17. The van der Waals surface area contributed by atoms with Crippen LogP contribution in [-0.2, 0) is 16.0 Å². The van der Waals surface area contributed by atoms with Crippen molar-refractivity contribution in [3.05, 3.63) is 84.4 Å². The Kier molecular flexibility index (Phi) is 6.63. The normalized spacial score (nSPS) is 10.4. The van der Waals surface area contributed by atoms with Gasteiger partial charge >= 0.3 is 0 Å². The lowest BCUT2D eigenvalue weighted by molar-refractivity contribution is -0.118. The molecule has 0 aromatic heterocycles. The standard InChI is InChI=1S/C24H24N2O3/c1-29-22-13-11-21(12-14-22)26(16-15-23(25)27)24(28)17-18-7-9-20(10-8-18)19-5-3-2-4-6-19/h2-14H,15-17H2,1H3,(H2,25,27). The van der Waals surface area contributed by atoms with E-state index in [0.29, 0.717) is 11.4 Å². The van der Waals surface area contributed by atoms with E-state index in [1.165, 1.54) is 0 Å². The topological polar surface area (TPSA) is 72.6 Å². The molecule has 0 spiro atoms. The lowest BCUT2D eigenvalue weighted by Gasteiger charge is -2.23. The van der Waals surface area contributed by atoms with Gasteiger partial charge in [-0.25, -0.2) is 0 Å². The van der Waals surface area contributed by atoms with Crippen molar-refractivity contribution in [3.63, 3.8) is 0 Å². The first-order valence-electron chi connectivity index (χ1n) is 9.44. The number of rotatable bonds is 8. The maximum Gasteiger partial charge on any atom is 0.231 e. The van der Waals surface area contributed by atoms with Crippen molar-refractivity contribution in [1.29, 1.82) is 0 Å². The minimum absolute atomic E-state index is 0.0936. The van der Waals surface area contributed by atoms with Gasteiger partial charge in [0.05, 0.1) is 13.5 Å². The van der Waals surface area contributed by atoms with E-state index < -0.39 is 5.91 Å². The van der Waals surface area contributed by atoms with Crippen LogP contribution in [0.4, 0.5) is 5.69 Å². The maximum atomic E-state index is 13.0. The fourth-order valence-corrected chi connectivity index (χ4v) is 3.10. The maximum absolute atomic E-state index is 13.0. The molecule has 2 N–H and O–H groups in total. The van der Waals surface area contributed by atoms with Gasteiger partial charge in [0.25, 0.3) is 0 Å². The molecule has 5 heteroatoms. The van der Waals surface area contributed by atoms with Gasteiger partial charge in [-0.3, -0.25) is 9.59 Å². The molecule has 0 aliphatic carbocycles. The second-order valence-electron chi connectivity index (χ2n) is 6.70. The fraction of sp³-hybridized carbons (Fsp3) is 0.167. The quantitative estimate of drug-likeness (QED) is 0.638. The van der Waals surface area contributed by atoms with Gasteiger partial charge in [-0.1, -0.05) is 54.6 Å². The zero-order valence-electron chi connectivity index (χ0n) is 16.4. The number of nitrogens with two attached hydrogens (primary N) is 1. The molecular formula is C24H24N2O3. The third-order valence-corrected chi connectivity index (χ3v) is 4.68. The highest BCUT2D eigenvalue weighted by Gasteiger charge is 2.17. The summed E-state index contributed by atoms with van der Waals surface area (Å²) in [6, 6.07) is 25.2. The molecule has 0 fully saturated rings. The van der Waals surface area contributed by atoms with Crippen LogP contribution in [0.1, 0.15) is 12.0 Å². The molecule has 148 valence electrons. The number of ether oxygens (including phenoxy) is 1. The Morgan fingerprint density at radius 1 is 0.862 bits per heavy atom. The molecule has 0 atom stereocenters. The van der Waals surface area contributed by atoms with Crippen molar-refractivity contribution in [3.8, 4) is 16.9 Å². The summed E-state index contributed by atoms with van der Waals surface area (Å²) in [4.78, 5) is 25.8. The van der Waals surface area contributed by atoms with E-state index in [2.05, 4.69) is 12.1 Å². The molecule has 2 amide bonds. The van der Waals surface area contributed by atoms with Crippen LogP contribution in [0.15, 0.2) is 78.9 Å². The lowest BCUT2D eigenvalue weighted by atomic mass is 10.0. The van der Waals surface area contributed by atoms with E-state index in [1.807, 2.05) is 42.5 Å². The number of nitrogens with zero attached hydrogens (tertiary/aromatic N) is 1. The van der Waals surface area contributed by atoms with Crippen LogP contribution in [0.3, 0.4) is 0 Å². The summed E-state index contributed by atoms with van der Waals surface area (Å²) >= 11 is 0. The van der Waals surface area contributed by atoms with Gasteiger partial charge in [-0.05, 0) is 41.0 Å². The molecule has 3 aromatic carbocycles. The second kappa shape index (κ2) is 9.55. The Labute approximate surface area is 170 Å². The second-order valence-corrected chi connectivity index (χ2v) is 6.70. The summed E-state index contributed by atoms with van der Waals surface area (Å²) in [5.41, 5.74) is 9.14. The molecule has 0 aliphatic rings. The van der Waals surface area contributed by atoms with E-state index in [-0.39, 0.29) is 25.3 Å². The summed E-state index contributed by atoms with van der Waals surface area (Å²) in [6.07, 6.45) is 0.338. The molecule has 5 nitrogen and oxygen atoms in total. The van der Waals surface area contributed by atoms with Crippen molar-refractivity contribution in [2.75, 3.05) is 18.6 Å². The molecule has 0 unspecified atom stereocenters. The molecule has 0 heterocycles. The number of benzene rings is 3. The lowest BCUT2D eigenvalue weighted by Crippen LogP contribution is -2.35. The van der Waals surface area contributed by atoms with Gasteiger partial charge in [0, 0.05) is 18.7 Å². The van der Waals surface area contributed by atoms with Crippen LogP contribution in [0.5, 0.6) is 5.75 Å². The highest BCUT2D eigenvalue weighted by molar-refractivity contribution is 5.95. The van der Waals surface area contributed by atoms with Crippen molar-refractivity contribution >= 4 is 17.5 Å². The number of hydrogen-bond acceptors (Lipinski definition) is 3. The molecule has 0 radical (unpaired) electrons. The number of amides is 2. The molecule has 3 rings (SSSR count). The van der Waals surface area contributed by atoms with E-state index in [4.69, 9.17) is 10.5 Å². The van der Waals surface area contributed by atoms with Crippen molar-refractivity contribution in [1.82, 2.24) is 0 Å². The van der Waals surface area contributed by atoms with Crippen LogP contribution >= 0.6 is 0 Å². The highest BCUT2D eigenvalue weighted by atomic mass is 16.5. The Hall–Kier alpha value is -3.60. The minimum atomic E-state index is -0.441. The summed E-state index contributed by atoms with van der Waals surface area (Å²) in [5.74, 6) is 0.167. The summed E-state index contributed by atoms with van der Waals surface area (Å²) in [7, 11) is 1.59. The van der Waals surface area contributed by atoms with E-state index >= 15 is 0 Å². The fourth-order valence-electron chi connectivity index (χ4n) is 3.10. The zero-order chi connectivity index (χ0) is 20.6. The Morgan fingerprint density at radius 2 is 1.48 bits per heavy atom. The van der Waals surface area contributed by atoms with Gasteiger partial charge in [-0.2, -0.15) is 0 Å². The largest absolute Gasteiger partial charge is 0.497 e. The Balaban J connectivity index is 1.75. The minimum Gasteiger partial charge on any atom is -0.497 e. The number of carbonyl (C=O) groups excluding carboxylic acids is 2. The van der Waals surface area contributed by atoms with Crippen molar-refractivity contribution < 1.29 is 14.3 Å². The molecule has 3 aromatic rings. The number of hydrogen-bond donors (Lipinski definition) is 1. The highest BCUT2D eigenvalue weighted by Crippen LogP contribution is 2.22. The molecule has 0 bridgehead atoms. The van der Waals surface area contributed by atoms with E-state index in [1.54, 1.807) is 36.3 Å². The van der Waals surface area contributed by atoms with Crippen LogP contribution < -0.4 is 15.4 Å². The van der Waals surface area contributed by atoms with Gasteiger partial charge in [0.1, 0.15) is 5.75 Å². The molecular weight excluding hydrogens is 364 g/mol. The number of primary amides is 1. The van der Waals surface area contributed by atoms with Crippen LogP contribution in [0, 0.1) is 0 Å². The van der Waals surface area contributed by atoms with E-state index in [0.717, 1.165) is 16.7 Å². The first-order chi connectivity index (χ1) is 14.1. The van der Waals surface area contributed by atoms with Crippen molar-refractivity contribution in [2.24, 2.45) is 5.73 Å². The third kappa shape index (κ3) is 5.45. The molecule has 0 saturated carbocycles. The summed E-state index contributed by atoms with van der Waals surface area (Å²) in [6.45, 7) is 0.239. The first kappa shape index (κ1) is 20.1. The van der Waals surface area contributed by atoms with Gasteiger partial charge < -0.3 is 15.4 Å². The Bertz CT molecular complexity index is 952. The van der Waals surface area contributed by atoms with Gasteiger partial charge in [-0.15, -0.1) is 0 Å². The average molecular weight is 388 g/mol. The van der Waals surface area contributed by atoms with Crippen LogP contribution in [-0.4, -0.2) is 25.5 Å². The number of carbonyl (C=O) groups is 2. The Morgan fingerprint density at radius 3 is 2.07 bits per heavy atom. The molecule has 0 aliphatic heterocycles. The average Bonchev–Trinajstić information content (AvgIpc) is 2.75. The number of methoxy groups -OCH3 is 1. The van der Waals surface area contributed by atoms with Gasteiger partial charge in [0.2, 0.25) is 11.8 Å². The molecule has 0 saturated heterocycles. The number of anilines is 1. The monoisotopic (exact) mass is 388 g/mol. The van der Waals surface area contributed by atoms with E-state index in [9.17, 15) is 9.59 Å². The third-order valence-electron chi connectivity index (χ3n) is 4.68. The zero-order valence-corrected chi connectivity index (χ0v) is 16.4. The van der Waals surface area contributed by atoms with Crippen LogP contribution in [0.2, 0.25) is 0 Å². The molecule has 29 heavy (non-hydrogen) atoms.